The average Bonchev–Trinajstić information content (AvgIpc) is 2.90. The number of rotatable bonds is 1. The number of thiocarbonyl (C=S) groups is 1. The molecule has 1 heterocycles. The maximum Gasteiger partial charge on any atom is 0.173 e. The Bertz CT molecular complexity index is 779. The van der Waals surface area contributed by atoms with Crippen LogP contribution in [0.1, 0.15) is 30.9 Å². The van der Waals surface area contributed by atoms with Crippen molar-refractivity contribution in [3.63, 3.8) is 0 Å². The van der Waals surface area contributed by atoms with Gasteiger partial charge in [-0.3, -0.25) is 0 Å². The molecule has 0 bridgehead atoms. The summed E-state index contributed by atoms with van der Waals surface area (Å²) in [4.78, 5) is 2.31. The first-order valence-corrected chi connectivity index (χ1v) is 9.77. The minimum atomic E-state index is 0.336. The van der Waals surface area contributed by atoms with Crippen molar-refractivity contribution in [1.82, 2.24) is 4.90 Å². The van der Waals surface area contributed by atoms with Crippen molar-refractivity contribution in [3.8, 4) is 0 Å². The normalized spacial score (nSPS) is 21.2. The lowest BCUT2D eigenvalue weighted by molar-refractivity contribution is 0.180. The number of likely N-dealkylation sites (tertiary alicyclic amines) is 1. The SMILES string of the molecule is CC1Cc2ccccc2C12CCN(C(=S)Nc1ccc(Cl)cc1)CC2. The molecule has 2 aliphatic rings. The fraction of sp³-hybridized carbons (Fsp3) is 0.381. The lowest BCUT2D eigenvalue weighted by Gasteiger charge is -2.44. The van der Waals surface area contributed by atoms with Gasteiger partial charge in [-0.2, -0.15) is 0 Å². The number of anilines is 1. The molecule has 1 aliphatic heterocycles. The van der Waals surface area contributed by atoms with Crippen LogP contribution in [0.2, 0.25) is 5.02 Å². The molecule has 2 aromatic rings. The van der Waals surface area contributed by atoms with Crippen molar-refractivity contribution < 1.29 is 0 Å². The molecule has 1 saturated heterocycles. The highest BCUT2D eigenvalue weighted by Gasteiger charge is 2.46. The Morgan fingerprint density at radius 2 is 1.80 bits per heavy atom. The zero-order valence-corrected chi connectivity index (χ0v) is 16.0. The number of benzene rings is 2. The monoisotopic (exact) mass is 370 g/mol. The summed E-state index contributed by atoms with van der Waals surface area (Å²) in [5, 5.41) is 4.90. The molecular weight excluding hydrogens is 348 g/mol. The highest BCUT2D eigenvalue weighted by molar-refractivity contribution is 7.80. The maximum atomic E-state index is 5.95. The molecule has 25 heavy (non-hydrogen) atoms. The third-order valence-corrected chi connectivity index (χ3v) is 6.67. The van der Waals surface area contributed by atoms with Crippen molar-refractivity contribution in [2.45, 2.75) is 31.6 Å². The molecule has 1 spiro atoms. The van der Waals surface area contributed by atoms with Crippen LogP contribution in [0.4, 0.5) is 5.69 Å². The Labute approximate surface area is 160 Å². The van der Waals surface area contributed by atoms with E-state index in [9.17, 15) is 0 Å². The van der Waals surface area contributed by atoms with Gasteiger partial charge in [0.1, 0.15) is 0 Å². The molecule has 0 saturated carbocycles. The Morgan fingerprint density at radius 1 is 1.12 bits per heavy atom. The smallest absolute Gasteiger partial charge is 0.173 e. The molecule has 1 fully saturated rings. The maximum absolute atomic E-state index is 5.95. The van der Waals surface area contributed by atoms with E-state index in [1.807, 2.05) is 24.3 Å². The van der Waals surface area contributed by atoms with Crippen molar-refractivity contribution in [2.24, 2.45) is 5.92 Å². The second-order valence-corrected chi connectivity index (χ2v) is 8.17. The molecule has 0 aromatic heterocycles. The van der Waals surface area contributed by atoms with Gasteiger partial charge in [0.2, 0.25) is 0 Å². The summed E-state index contributed by atoms with van der Waals surface area (Å²) in [5.41, 5.74) is 4.46. The summed E-state index contributed by atoms with van der Waals surface area (Å²) in [5.74, 6) is 0.713. The van der Waals surface area contributed by atoms with E-state index < -0.39 is 0 Å². The van der Waals surface area contributed by atoms with E-state index in [1.54, 1.807) is 11.1 Å². The largest absolute Gasteiger partial charge is 0.349 e. The quantitative estimate of drug-likeness (QED) is 0.689. The average molecular weight is 371 g/mol. The summed E-state index contributed by atoms with van der Waals surface area (Å²) in [6.07, 6.45) is 3.56. The summed E-state index contributed by atoms with van der Waals surface area (Å²) in [7, 11) is 0. The van der Waals surface area contributed by atoms with Crippen LogP contribution in [0.3, 0.4) is 0 Å². The van der Waals surface area contributed by atoms with Gasteiger partial charge in [0.25, 0.3) is 0 Å². The zero-order chi connectivity index (χ0) is 17.4. The number of nitrogens with one attached hydrogen (secondary N) is 1. The van der Waals surface area contributed by atoms with E-state index in [0.29, 0.717) is 11.3 Å². The Kier molecular flexibility index (Phi) is 4.47. The molecule has 1 aliphatic carbocycles. The molecular formula is C21H23ClN2S. The third kappa shape index (κ3) is 3.04. The number of hydrogen-bond acceptors (Lipinski definition) is 1. The number of halogens is 1. The predicted octanol–water partition coefficient (Wildman–Crippen LogP) is 5.26. The van der Waals surface area contributed by atoms with E-state index in [0.717, 1.165) is 28.9 Å². The molecule has 0 amide bonds. The highest BCUT2D eigenvalue weighted by atomic mass is 35.5. The summed E-state index contributed by atoms with van der Waals surface area (Å²) in [6.45, 7) is 4.44. The lowest BCUT2D eigenvalue weighted by Crippen LogP contribution is -2.47. The topological polar surface area (TPSA) is 15.3 Å². The Morgan fingerprint density at radius 3 is 2.52 bits per heavy atom. The summed E-state index contributed by atoms with van der Waals surface area (Å²) in [6, 6.07) is 16.7. The molecule has 2 nitrogen and oxygen atoms in total. The highest BCUT2D eigenvalue weighted by Crippen LogP contribution is 2.49. The van der Waals surface area contributed by atoms with Gasteiger partial charge < -0.3 is 10.2 Å². The minimum absolute atomic E-state index is 0.336. The molecule has 1 atom stereocenters. The molecule has 4 rings (SSSR count). The van der Waals surface area contributed by atoms with Gasteiger partial charge in [0.15, 0.2) is 5.11 Å². The summed E-state index contributed by atoms with van der Waals surface area (Å²) >= 11 is 11.6. The van der Waals surface area contributed by atoms with E-state index in [-0.39, 0.29) is 0 Å². The van der Waals surface area contributed by atoms with Crippen molar-refractivity contribution >= 4 is 34.6 Å². The van der Waals surface area contributed by atoms with Crippen LogP contribution in [0.25, 0.3) is 0 Å². The second-order valence-electron chi connectivity index (χ2n) is 7.34. The lowest BCUT2D eigenvalue weighted by atomic mass is 9.69. The number of fused-ring (bicyclic) bond motifs is 2. The van der Waals surface area contributed by atoms with Gasteiger partial charge >= 0.3 is 0 Å². The molecule has 2 aromatic carbocycles. The first-order valence-electron chi connectivity index (χ1n) is 8.98. The van der Waals surface area contributed by atoms with Crippen LogP contribution in [-0.2, 0) is 11.8 Å². The number of nitrogens with zero attached hydrogens (tertiary/aromatic N) is 1. The first-order chi connectivity index (χ1) is 12.1. The van der Waals surface area contributed by atoms with Gasteiger partial charge in [0, 0.05) is 29.2 Å². The van der Waals surface area contributed by atoms with Gasteiger partial charge in [-0.05, 0) is 72.8 Å². The Hall–Kier alpha value is -1.58. The van der Waals surface area contributed by atoms with E-state index in [2.05, 4.69) is 41.4 Å². The predicted molar refractivity (Wildman–Crippen MR) is 109 cm³/mol. The minimum Gasteiger partial charge on any atom is -0.349 e. The zero-order valence-electron chi connectivity index (χ0n) is 14.5. The summed E-state index contributed by atoms with van der Waals surface area (Å²) < 4.78 is 0. The van der Waals surface area contributed by atoms with Gasteiger partial charge in [0.05, 0.1) is 0 Å². The fourth-order valence-corrected chi connectivity index (χ4v) is 5.01. The van der Waals surface area contributed by atoms with Crippen LogP contribution < -0.4 is 5.32 Å². The molecule has 0 radical (unpaired) electrons. The van der Waals surface area contributed by atoms with Crippen LogP contribution in [0, 0.1) is 5.92 Å². The van der Waals surface area contributed by atoms with Crippen molar-refractivity contribution in [3.05, 3.63) is 64.7 Å². The van der Waals surface area contributed by atoms with Crippen LogP contribution in [0.5, 0.6) is 0 Å². The number of hydrogen-bond donors (Lipinski definition) is 1. The van der Waals surface area contributed by atoms with Gasteiger partial charge in [-0.15, -0.1) is 0 Å². The fourth-order valence-electron chi connectivity index (χ4n) is 4.58. The standard InChI is InChI=1S/C21H23ClN2S/c1-15-14-16-4-2-3-5-19(16)21(15)10-12-24(13-11-21)20(25)23-18-8-6-17(22)7-9-18/h2-9,15H,10-14H2,1H3,(H,23,25). The van der Waals surface area contributed by atoms with Crippen LogP contribution >= 0.6 is 23.8 Å². The van der Waals surface area contributed by atoms with Crippen LogP contribution in [-0.4, -0.2) is 23.1 Å². The molecule has 130 valence electrons. The first kappa shape index (κ1) is 16.9. The van der Waals surface area contributed by atoms with Gasteiger partial charge in [-0.25, -0.2) is 0 Å². The number of piperidine rings is 1. The van der Waals surface area contributed by atoms with Crippen molar-refractivity contribution in [1.29, 1.82) is 0 Å². The molecule has 4 heteroatoms. The molecule has 1 N–H and O–H groups in total. The van der Waals surface area contributed by atoms with E-state index in [4.69, 9.17) is 23.8 Å². The van der Waals surface area contributed by atoms with E-state index >= 15 is 0 Å². The third-order valence-electron chi connectivity index (χ3n) is 6.06. The van der Waals surface area contributed by atoms with E-state index in [1.165, 1.54) is 19.3 Å². The molecule has 1 unspecified atom stereocenters. The Balaban J connectivity index is 1.45. The van der Waals surface area contributed by atoms with Crippen LogP contribution in [0.15, 0.2) is 48.5 Å². The van der Waals surface area contributed by atoms with Gasteiger partial charge in [-0.1, -0.05) is 42.8 Å². The second kappa shape index (κ2) is 6.62. The van der Waals surface area contributed by atoms with Crippen molar-refractivity contribution in [2.75, 3.05) is 18.4 Å².